The zero-order valence-electron chi connectivity index (χ0n) is 7.69. The van der Waals surface area contributed by atoms with Gasteiger partial charge < -0.3 is 5.73 Å². The lowest BCUT2D eigenvalue weighted by Crippen LogP contribution is -2.06. The van der Waals surface area contributed by atoms with E-state index in [1.807, 2.05) is 0 Å². The van der Waals surface area contributed by atoms with Crippen LogP contribution in [0, 0.1) is 0 Å². The van der Waals surface area contributed by atoms with E-state index in [1.165, 1.54) is 0 Å². The van der Waals surface area contributed by atoms with E-state index in [2.05, 4.69) is 10.2 Å². The number of aromatic nitrogens is 3. The predicted octanol–water partition coefficient (Wildman–Crippen LogP) is 2.03. The van der Waals surface area contributed by atoms with Gasteiger partial charge in [-0.05, 0) is 18.2 Å². The monoisotopic (exact) mass is 242 g/mol. The highest BCUT2D eigenvalue weighted by atomic mass is 35.5. The Morgan fingerprint density at radius 3 is 2.87 bits per heavy atom. The number of halogens is 2. The van der Waals surface area contributed by atoms with Crippen LogP contribution in [0.15, 0.2) is 24.5 Å². The molecular formula is C9H8Cl2N4. The average molecular weight is 243 g/mol. The largest absolute Gasteiger partial charge is 0.324 e. The van der Waals surface area contributed by atoms with Crippen LogP contribution in [0.3, 0.4) is 0 Å². The quantitative estimate of drug-likeness (QED) is 0.877. The second-order valence-electron chi connectivity index (χ2n) is 2.92. The van der Waals surface area contributed by atoms with Crippen molar-refractivity contribution in [1.82, 2.24) is 14.8 Å². The summed E-state index contributed by atoms with van der Waals surface area (Å²) in [4.78, 5) is 0. The topological polar surface area (TPSA) is 56.7 Å². The second-order valence-corrected chi connectivity index (χ2v) is 3.76. The van der Waals surface area contributed by atoms with Gasteiger partial charge in [-0.25, -0.2) is 0 Å². The number of rotatable bonds is 2. The molecule has 2 rings (SSSR count). The van der Waals surface area contributed by atoms with Crippen molar-refractivity contribution in [3.05, 3.63) is 40.4 Å². The van der Waals surface area contributed by atoms with E-state index in [4.69, 9.17) is 28.9 Å². The van der Waals surface area contributed by atoms with Crippen LogP contribution in [0.4, 0.5) is 0 Å². The van der Waals surface area contributed by atoms with Gasteiger partial charge in [0, 0.05) is 5.02 Å². The maximum atomic E-state index is 6.04. The molecule has 15 heavy (non-hydrogen) atoms. The van der Waals surface area contributed by atoms with Crippen molar-refractivity contribution < 1.29 is 0 Å². The smallest absolute Gasteiger partial charge is 0.151 e. The Labute approximate surface area is 96.6 Å². The SMILES string of the molecule is NCc1nncn1-c1cc(Cl)ccc1Cl. The predicted molar refractivity (Wildman–Crippen MR) is 59.3 cm³/mol. The summed E-state index contributed by atoms with van der Waals surface area (Å²) < 4.78 is 1.72. The van der Waals surface area contributed by atoms with E-state index < -0.39 is 0 Å². The molecule has 0 fully saturated rings. The van der Waals surface area contributed by atoms with Crippen molar-refractivity contribution in [2.24, 2.45) is 5.73 Å². The Kier molecular flexibility index (Phi) is 2.90. The number of hydrogen-bond acceptors (Lipinski definition) is 3. The standard InChI is InChI=1S/C9H8Cl2N4/c10-6-1-2-7(11)8(3-6)15-5-13-14-9(15)4-12/h1-3,5H,4,12H2. The van der Waals surface area contributed by atoms with Crippen molar-refractivity contribution in [3.8, 4) is 5.69 Å². The second kappa shape index (κ2) is 4.18. The first-order valence-corrected chi connectivity index (χ1v) is 5.02. The van der Waals surface area contributed by atoms with Gasteiger partial charge >= 0.3 is 0 Å². The molecule has 0 amide bonds. The van der Waals surface area contributed by atoms with Crippen LogP contribution in [0.2, 0.25) is 10.0 Å². The summed E-state index contributed by atoms with van der Waals surface area (Å²) in [5.41, 5.74) is 6.25. The maximum Gasteiger partial charge on any atom is 0.151 e. The Balaban J connectivity index is 2.58. The highest BCUT2D eigenvalue weighted by molar-refractivity contribution is 6.34. The number of benzene rings is 1. The van der Waals surface area contributed by atoms with E-state index in [1.54, 1.807) is 29.1 Å². The lowest BCUT2D eigenvalue weighted by molar-refractivity contribution is 0.860. The maximum absolute atomic E-state index is 6.04. The van der Waals surface area contributed by atoms with E-state index in [0.29, 0.717) is 22.4 Å². The molecule has 4 nitrogen and oxygen atoms in total. The molecule has 0 bridgehead atoms. The first kappa shape index (κ1) is 10.4. The van der Waals surface area contributed by atoms with Crippen LogP contribution in [0.25, 0.3) is 5.69 Å². The molecule has 0 aliphatic rings. The van der Waals surface area contributed by atoms with Crippen LogP contribution >= 0.6 is 23.2 Å². The van der Waals surface area contributed by atoms with Gasteiger partial charge in [-0.2, -0.15) is 0 Å². The zero-order chi connectivity index (χ0) is 10.8. The zero-order valence-corrected chi connectivity index (χ0v) is 9.20. The number of hydrogen-bond donors (Lipinski definition) is 1. The third-order valence-corrected chi connectivity index (χ3v) is 2.52. The summed E-state index contributed by atoms with van der Waals surface area (Å²) in [5.74, 6) is 0.638. The highest BCUT2D eigenvalue weighted by Gasteiger charge is 2.08. The summed E-state index contributed by atoms with van der Waals surface area (Å²) in [5, 5.41) is 8.82. The van der Waals surface area contributed by atoms with Crippen LogP contribution in [-0.4, -0.2) is 14.8 Å². The minimum Gasteiger partial charge on any atom is -0.324 e. The first-order valence-electron chi connectivity index (χ1n) is 4.27. The molecule has 0 atom stereocenters. The van der Waals surface area contributed by atoms with E-state index in [9.17, 15) is 0 Å². The molecule has 6 heteroatoms. The Morgan fingerprint density at radius 1 is 1.33 bits per heavy atom. The molecule has 0 radical (unpaired) electrons. The highest BCUT2D eigenvalue weighted by Crippen LogP contribution is 2.24. The molecular weight excluding hydrogens is 235 g/mol. The van der Waals surface area contributed by atoms with Gasteiger partial charge in [-0.3, -0.25) is 4.57 Å². The van der Waals surface area contributed by atoms with Gasteiger partial charge in [0.1, 0.15) is 6.33 Å². The fraction of sp³-hybridized carbons (Fsp3) is 0.111. The molecule has 1 aromatic heterocycles. The summed E-state index contributed by atoms with van der Waals surface area (Å²) in [6, 6.07) is 5.19. The summed E-state index contributed by atoms with van der Waals surface area (Å²) >= 11 is 11.9. The fourth-order valence-corrected chi connectivity index (χ4v) is 1.64. The van der Waals surface area contributed by atoms with Gasteiger partial charge in [-0.15, -0.1) is 10.2 Å². The van der Waals surface area contributed by atoms with Crippen molar-refractivity contribution >= 4 is 23.2 Å². The molecule has 0 aliphatic carbocycles. The first-order chi connectivity index (χ1) is 7.22. The van der Waals surface area contributed by atoms with Gasteiger partial charge in [0.25, 0.3) is 0 Å². The average Bonchev–Trinajstić information content (AvgIpc) is 2.69. The number of nitrogens with two attached hydrogens (primary N) is 1. The van der Waals surface area contributed by atoms with Crippen molar-refractivity contribution in [1.29, 1.82) is 0 Å². The molecule has 0 aliphatic heterocycles. The Bertz CT molecular complexity index is 481. The third kappa shape index (κ3) is 1.97. The van der Waals surface area contributed by atoms with Crippen molar-refractivity contribution in [2.75, 3.05) is 0 Å². The van der Waals surface area contributed by atoms with E-state index in [0.717, 1.165) is 5.69 Å². The molecule has 0 unspecified atom stereocenters. The molecule has 2 N–H and O–H groups in total. The van der Waals surface area contributed by atoms with Gasteiger partial charge in [0.05, 0.1) is 17.3 Å². The molecule has 78 valence electrons. The van der Waals surface area contributed by atoms with E-state index >= 15 is 0 Å². The molecule has 2 aromatic rings. The van der Waals surface area contributed by atoms with Crippen LogP contribution < -0.4 is 5.73 Å². The van der Waals surface area contributed by atoms with Crippen molar-refractivity contribution in [3.63, 3.8) is 0 Å². The number of nitrogens with zero attached hydrogens (tertiary/aromatic N) is 3. The third-order valence-electron chi connectivity index (χ3n) is 1.97. The Morgan fingerprint density at radius 2 is 2.13 bits per heavy atom. The molecule has 1 heterocycles. The minimum absolute atomic E-state index is 0.294. The van der Waals surface area contributed by atoms with Crippen LogP contribution in [0.1, 0.15) is 5.82 Å². The summed E-state index contributed by atoms with van der Waals surface area (Å²) in [6.45, 7) is 0.294. The lowest BCUT2D eigenvalue weighted by atomic mass is 10.3. The lowest BCUT2D eigenvalue weighted by Gasteiger charge is -2.07. The van der Waals surface area contributed by atoms with Gasteiger partial charge in [0.2, 0.25) is 0 Å². The summed E-state index contributed by atoms with van der Waals surface area (Å²) in [7, 11) is 0. The van der Waals surface area contributed by atoms with Gasteiger partial charge in [0.15, 0.2) is 5.82 Å². The van der Waals surface area contributed by atoms with Crippen LogP contribution in [-0.2, 0) is 6.54 Å². The Hall–Kier alpha value is -1.10. The van der Waals surface area contributed by atoms with Gasteiger partial charge in [-0.1, -0.05) is 23.2 Å². The molecule has 0 saturated heterocycles. The molecule has 1 aromatic carbocycles. The molecule has 0 saturated carbocycles. The summed E-state index contributed by atoms with van der Waals surface area (Å²) in [6.07, 6.45) is 1.56. The van der Waals surface area contributed by atoms with Crippen molar-refractivity contribution in [2.45, 2.75) is 6.54 Å². The normalized spacial score (nSPS) is 10.6. The molecule has 0 spiro atoms. The van der Waals surface area contributed by atoms with Crippen LogP contribution in [0.5, 0.6) is 0 Å². The van der Waals surface area contributed by atoms with E-state index in [-0.39, 0.29) is 0 Å². The fourth-order valence-electron chi connectivity index (χ4n) is 1.27. The minimum atomic E-state index is 0.294.